The van der Waals surface area contributed by atoms with Gasteiger partial charge in [-0.3, -0.25) is 4.79 Å². The van der Waals surface area contributed by atoms with E-state index < -0.39 is 17.7 Å². The van der Waals surface area contributed by atoms with E-state index in [1.165, 1.54) is 57.7 Å². The molecule has 2 aromatic carbocycles. The van der Waals surface area contributed by atoms with E-state index in [4.69, 9.17) is 14.2 Å². The van der Waals surface area contributed by atoms with Crippen molar-refractivity contribution in [2.75, 3.05) is 26.6 Å². The highest BCUT2D eigenvalue weighted by atomic mass is 19.1. The molecule has 6 nitrogen and oxygen atoms in total. The molecule has 0 bridgehead atoms. The smallest absolute Gasteiger partial charge is 0.340 e. The number of ether oxygens (including phenoxy) is 3. The summed E-state index contributed by atoms with van der Waals surface area (Å²) in [5, 5.41) is 2.59. The van der Waals surface area contributed by atoms with Crippen LogP contribution in [0.25, 0.3) is 0 Å². The quantitative estimate of drug-likeness (QED) is 0.852. The molecule has 0 spiro atoms. The number of esters is 1. The maximum absolute atomic E-state index is 13.0. The highest BCUT2D eigenvalue weighted by molar-refractivity contribution is 6.08. The predicted molar refractivity (Wildman–Crippen MR) is 85.2 cm³/mol. The number of hydrogen-bond acceptors (Lipinski definition) is 5. The van der Waals surface area contributed by atoms with Crippen molar-refractivity contribution >= 4 is 17.6 Å². The zero-order valence-electron chi connectivity index (χ0n) is 13.4. The normalized spacial score (nSPS) is 10.0. The van der Waals surface area contributed by atoms with Gasteiger partial charge in [0.1, 0.15) is 5.82 Å². The Morgan fingerprint density at radius 1 is 0.958 bits per heavy atom. The minimum Gasteiger partial charge on any atom is -0.493 e. The van der Waals surface area contributed by atoms with E-state index in [-0.39, 0.29) is 16.8 Å². The van der Waals surface area contributed by atoms with Crippen LogP contribution in [0.3, 0.4) is 0 Å². The molecule has 0 unspecified atom stereocenters. The topological polar surface area (TPSA) is 73.9 Å². The molecule has 0 aliphatic heterocycles. The van der Waals surface area contributed by atoms with Gasteiger partial charge in [0.05, 0.1) is 32.6 Å². The molecule has 1 amide bonds. The van der Waals surface area contributed by atoms with Crippen LogP contribution in [0.5, 0.6) is 11.5 Å². The lowest BCUT2D eigenvalue weighted by atomic mass is 10.1. The van der Waals surface area contributed by atoms with Crippen LogP contribution in [0.1, 0.15) is 20.7 Å². The Morgan fingerprint density at radius 3 is 2.08 bits per heavy atom. The zero-order valence-corrected chi connectivity index (χ0v) is 13.4. The Bertz CT molecular complexity index is 758. The summed E-state index contributed by atoms with van der Waals surface area (Å²) in [4.78, 5) is 24.2. The van der Waals surface area contributed by atoms with Gasteiger partial charge in [0.25, 0.3) is 5.91 Å². The van der Waals surface area contributed by atoms with Gasteiger partial charge in [0, 0.05) is 17.7 Å². The number of benzene rings is 2. The third kappa shape index (κ3) is 3.62. The number of carbonyl (C=O) groups is 2. The molecular formula is C17H16FNO5. The summed E-state index contributed by atoms with van der Waals surface area (Å²) in [6.07, 6.45) is 0. The lowest BCUT2D eigenvalue weighted by Crippen LogP contribution is -2.16. The van der Waals surface area contributed by atoms with Crippen LogP contribution in [0.4, 0.5) is 10.1 Å². The van der Waals surface area contributed by atoms with E-state index in [1.54, 1.807) is 0 Å². The number of rotatable bonds is 5. The molecule has 0 heterocycles. The fourth-order valence-electron chi connectivity index (χ4n) is 2.06. The molecule has 7 heteroatoms. The number of carbonyl (C=O) groups excluding carboxylic acids is 2. The molecule has 0 saturated carbocycles. The van der Waals surface area contributed by atoms with E-state index >= 15 is 0 Å². The van der Waals surface area contributed by atoms with E-state index in [9.17, 15) is 14.0 Å². The van der Waals surface area contributed by atoms with Crippen LogP contribution >= 0.6 is 0 Å². The maximum Gasteiger partial charge on any atom is 0.340 e. The average Bonchev–Trinajstić information content (AvgIpc) is 2.61. The first-order valence-electron chi connectivity index (χ1n) is 6.91. The Balaban J connectivity index is 2.41. The van der Waals surface area contributed by atoms with Crippen molar-refractivity contribution in [3.05, 3.63) is 53.3 Å². The van der Waals surface area contributed by atoms with Crippen molar-refractivity contribution in [3.63, 3.8) is 0 Å². The second kappa shape index (κ2) is 7.45. The van der Waals surface area contributed by atoms with Gasteiger partial charge in [-0.25, -0.2) is 9.18 Å². The van der Waals surface area contributed by atoms with E-state index in [0.29, 0.717) is 11.5 Å². The highest BCUT2D eigenvalue weighted by Gasteiger charge is 2.19. The molecule has 0 fully saturated rings. The number of hydrogen-bond donors (Lipinski definition) is 1. The average molecular weight is 333 g/mol. The van der Waals surface area contributed by atoms with E-state index in [0.717, 1.165) is 0 Å². The van der Waals surface area contributed by atoms with Gasteiger partial charge >= 0.3 is 5.97 Å². The number of methoxy groups -OCH3 is 3. The van der Waals surface area contributed by atoms with E-state index in [2.05, 4.69) is 5.32 Å². The van der Waals surface area contributed by atoms with Gasteiger partial charge < -0.3 is 19.5 Å². The van der Waals surface area contributed by atoms with Crippen LogP contribution in [0.15, 0.2) is 36.4 Å². The lowest BCUT2D eigenvalue weighted by Gasteiger charge is -2.14. The largest absolute Gasteiger partial charge is 0.493 e. The van der Waals surface area contributed by atoms with E-state index in [1.807, 2.05) is 0 Å². The first kappa shape index (κ1) is 17.3. The van der Waals surface area contributed by atoms with Gasteiger partial charge in [0.15, 0.2) is 11.5 Å². The zero-order chi connectivity index (χ0) is 17.7. The molecule has 126 valence electrons. The van der Waals surface area contributed by atoms with Crippen LogP contribution in [-0.4, -0.2) is 33.2 Å². The van der Waals surface area contributed by atoms with Crippen molar-refractivity contribution in [3.8, 4) is 11.5 Å². The van der Waals surface area contributed by atoms with Crippen molar-refractivity contribution < 1.29 is 28.2 Å². The van der Waals surface area contributed by atoms with Gasteiger partial charge in [-0.2, -0.15) is 0 Å². The summed E-state index contributed by atoms with van der Waals surface area (Å²) in [7, 11) is 4.08. The number of amides is 1. The van der Waals surface area contributed by atoms with Crippen LogP contribution in [0.2, 0.25) is 0 Å². The fourth-order valence-corrected chi connectivity index (χ4v) is 2.06. The minimum absolute atomic E-state index is 0.102. The number of halogens is 1. The molecule has 0 aliphatic rings. The Labute approximate surface area is 138 Å². The molecule has 2 aromatic rings. The van der Waals surface area contributed by atoms with Crippen LogP contribution < -0.4 is 14.8 Å². The molecule has 0 saturated heterocycles. The molecule has 0 atom stereocenters. The van der Waals surface area contributed by atoms with Gasteiger partial charge in [-0.1, -0.05) is 0 Å². The lowest BCUT2D eigenvalue weighted by molar-refractivity contribution is 0.0601. The molecule has 0 radical (unpaired) electrons. The first-order chi connectivity index (χ1) is 11.5. The van der Waals surface area contributed by atoms with Crippen molar-refractivity contribution in [2.24, 2.45) is 0 Å². The standard InChI is InChI=1S/C17H16FNO5/c1-22-14-8-12(17(21)24-3)13(9-15(14)23-2)19-16(20)10-4-6-11(18)7-5-10/h4-9H,1-3H3,(H,19,20). The van der Waals surface area contributed by atoms with Crippen molar-refractivity contribution in [1.29, 1.82) is 0 Å². The monoisotopic (exact) mass is 333 g/mol. The third-order valence-corrected chi connectivity index (χ3v) is 3.28. The second-order valence-corrected chi connectivity index (χ2v) is 4.71. The van der Waals surface area contributed by atoms with Crippen LogP contribution in [-0.2, 0) is 4.74 Å². The minimum atomic E-state index is -0.648. The molecule has 0 aliphatic carbocycles. The summed E-state index contributed by atoms with van der Waals surface area (Å²) in [5.74, 6) is -0.956. The fraction of sp³-hybridized carbons (Fsp3) is 0.176. The van der Waals surface area contributed by atoms with Crippen LogP contribution in [0, 0.1) is 5.82 Å². The highest BCUT2D eigenvalue weighted by Crippen LogP contribution is 2.34. The third-order valence-electron chi connectivity index (χ3n) is 3.28. The van der Waals surface area contributed by atoms with Gasteiger partial charge in [-0.15, -0.1) is 0 Å². The summed E-state index contributed by atoms with van der Waals surface area (Å²) in [6, 6.07) is 7.87. The summed E-state index contributed by atoms with van der Waals surface area (Å²) >= 11 is 0. The summed E-state index contributed by atoms with van der Waals surface area (Å²) in [6.45, 7) is 0. The number of anilines is 1. The summed E-state index contributed by atoms with van der Waals surface area (Å²) in [5.41, 5.74) is 0.529. The molecular weight excluding hydrogens is 317 g/mol. The molecule has 1 N–H and O–H groups in total. The maximum atomic E-state index is 13.0. The molecule has 0 aromatic heterocycles. The van der Waals surface area contributed by atoms with Gasteiger partial charge in [0.2, 0.25) is 0 Å². The van der Waals surface area contributed by atoms with Crippen molar-refractivity contribution in [2.45, 2.75) is 0 Å². The van der Waals surface area contributed by atoms with Crippen molar-refractivity contribution in [1.82, 2.24) is 0 Å². The molecule has 24 heavy (non-hydrogen) atoms. The second-order valence-electron chi connectivity index (χ2n) is 4.71. The Hall–Kier alpha value is -3.09. The molecule has 2 rings (SSSR count). The number of nitrogens with one attached hydrogen (secondary N) is 1. The van der Waals surface area contributed by atoms with Gasteiger partial charge in [-0.05, 0) is 24.3 Å². The SMILES string of the molecule is COC(=O)c1cc(OC)c(OC)cc1NC(=O)c1ccc(F)cc1. The first-order valence-corrected chi connectivity index (χ1v) is 6.91. The summed E-state index contributed by atoms with van der Waals surface area (Å²) < 4.78 is 28.0. The predicted octanol–water partition coefficient (Wildman–Crippen LogP) is 2.88. The Kier molecular flexibility index (Phi) is 5.36. The Morgan fingerprint density at radius 2 is 1.54 bits per heavy atom.